The van der Waals surface area contributed by atoms with E-state index >= 15 is 0 Å². The highest BCUT2D eigenvalue weighted by Crippen LogP contribution is 2.17. The number of rotatable bonds is 9. The molecule has 0 bridgehead atoms. The first-order valence-corrected chi connectivity index (χ1v) is 10.8. The van der Waals surface area contributed by atoms with Gasteiger partial charge in [0, 0.05) is 26.7 Å². The molecule has 6 heteroatoms. The largest absolute Gasteiger partial charge is 0.352 e. The molecule has 0 aliphatic rings. The van der Waals surface area contributed by atoms with E-state index in [0.29, 0.717) is 11.3 Å². The number of benzene rings is 1. The summed E-state index contributed by atoms with van der Waals surface area (Å²) in [4.78, 5) is 6.70. The molecule has 1 rings (SSSR count). The molecule has 0 radical (unpaired) electrons. The Balaban J connectivity index is 2.84. The summed E-state index contributed by atoms with van der Waals surface area (Å²) >= 11 is 0. The van der Waals surface area contributed by atoms with E-state index in [-0.39, 0.29) is 11.8 Å². The minimum Gasteiger partial charge on any atom is -0.352 e. The smallest absolute Gasteiger partial charge is 0.193 e. The quantitative estimate of drug-likeness (QED) is 0.309. The predicted molar refractivity (Wildman–Crippen MR) is 111 cm³/mol. The van der Waals surface area contributed by atoms with E-state index in [1.807, 2.05) is 44.9 Å². The Bertz CT molecular complexity index is 727. The number of nitrogens with one attached hydrogen (secondary N) is 1. The second-order valence-corrected chi connectivity index (χ2v) is 8.71. The summed E-state index contributed by atoms with van der Waals surface area (Å²) in [7, 11) is 0.320. The lowest BCUT2D eigenvalue weighted by Gasteiger charge is -2.26. The van der Waals surface area contributed by atoms with Crippen molar-refractivity contribution in [2.75, 3.05) is 26.4 Å². The minimum atomic E-state index is -3.36. The summed E-state index contributed by atoms with van der Waals surface area (Å²) in [5.41, 5.74) is 2.08. The number of guanidine groups is 1. The third-order valence-corrected chi connectivity index (χ3v) is 6.37. The van der Waals surface area contributed by atoms with Crippen molar-refractivity contribution < 1.29 is 8.42 Å². The van der Waals surface area contributed by atoms with Crippen LogP contribution in [0.1, 0.15) is 37.3 Å². The zero-order valence-corrected chi connectivity index (χ0v) is 17.6. The van der Waals surface area contributed by atoms with Gasteiger partial charge in [-0.05, 0) is 56.4 Å². The maximum absolute atomic E-state index is 12.8. The number of allylic oxidation sites excluding steroid dienone is 1. The molecule has 0 saturated heterocycles. The van der Waals surface area contributed by atoms with Crippen LogP contribution in [0.2, 0.25) is 0 Å². The van der Waals surface area contributed by atoms with Gasteiger partial charge in [-0.25, -0.2) is 8.42 Å². The molecule has 26 heavy (non-hydrogen) atoms. The lowest BCUT2D eigenvalue weighted by molar-refractivity contribution is 0.456. The molecule has 0 fully saturated rings. The van der Waals surface area contributed by atoms with Crippen LogP contribution in [-0.4, -0.2) is 51.7 Å². The number of aliphatic imine (C=N–C) groups is 1. The number of hydrogen-bond acceptors (Lipinski definition) is 3. The zero-order chi connectivity index (χ0) is 19.7. The molecule has 1 atom stereocenters. The van der Waals surface area contributed by atoms with Gasteiger partial charge in [0.1, 0.15) is 0 Å². The fourth-order valence-corrected chi connectivity index (χ4v) is 4.31. The Morgan fingerprint density at radius 3 is 2.58 bits per heavy atom. The van der Waals surface area contributed by atoms with Crippen LogP contribution in [0.4, 0.5) is 0 Å². The van der Waals surface area contributed by atoms with Gasteiger partial charge in [-0.2, -0.15) is 0 Å². The lowest BCUT2D eigenvalue weighted by atomic mass is 10.1. The summed E-state index contributed by atoms with van der Waals surface area (Å²) in [5.74, 6) is 0.766. The van der Waals surface area contributed by atoms with Gasteiger partial charge in [-0.3, -0.25) is 4.99 Å². The Hall–Kier alpha value is -1.82. The highest BCUT2D eigenvalue weighted by molar-refractivity contribution is 7.91. The van der Waals surface area contributed by atoms with Crippen molar-refractivity contribution in [3.63, 3.8) is 0 Å². The molecule has 0 amide bonds. The van der Waals surface area contributed by atoms with E-state index in [1.54, 1.807) is 19.2 Å². The van der Waals surface area contributed by atoms with Crippen LogP contribution < -0.4 is 5.32 Å². The molecular formula is C20H33N3O2S. The third-order valence-electron chi connectivity index (χ3n) is 4.56. The van der Waals surface area contributed by atoms with Gasteiger partial charge in [-0.15, -0.1) is 6.58 Å². The Morgan fingerprint density at radius 1 is 1.35 bits per heavy atom. The van der Waals surface area contributed by atoms with E-state index in [9.17, 15) is 8.42 Å². The van der Waals surface area contributed by atoms with Gasteiger partial charge in [0.15, 0.2) is 15.8 Å². The van der Waals surface area contributed by atoms with E-state index in [0.717, 1.165) is 36.5 Å². The maximum atomic E-state index is 12.8. The predicted octanol–water partition coefficient (Wildman–Crippen LogP) is 3.33. The van der Waals surface area contributed by atoms with Crippen LogP contribution in [0.5, 0.6) is 0 Å². The van der Waals surface area contributed by atoms with Crippen LogP contribution in [0.3, 0.4) is 0 Å². The van der Waals surface area contributed by atoms with Gasteiger partial charge in [0.2, 0.25) is 0 Å². The first-order chi connectivity index (χ1) is 12.2. The van der Waals surface area contributed by atoms with Gasteiger partial charge in [-0.1, -0.05) is 19.1 Å². The number of sulfone groups is 1. The van der Waals surface area contributed by atoms with Crippen LogP contribution in [0.25, 0.3) is 0 Å². The van der Waals surface area contributed by atoms with Crippen molar-refractivity contribution in [3.05, 3.63) is 42.0 Å². The van der Waals surface area contributed by atoms with Crippen molar-refractivity contribution >= 4 is 15.8 Å². The minimum absolute atomic E-state index is 0.0471. The monoisotopic (exact) mass is 379 g/mol. The molecule has 1 aromatic rings. The molecule has 146 valence electrons. The molecule has 1 unspecified atom stereocenters. The summed E-state index contributed by atoms with van der Waals surface area (Å²) in [6.45, 7) is 10.5. The second-order valence-electron chi connectivity index (χ2n) is 6.68. The van der Waals surface area contributed by atoms with Crippen LogP contribution in [-0.2, 0) is 9.84 Å². The topological polar surface area (TPSA) is 61.8 Å². The molecule has 1 N–H and O–H groups in total. The SMILES string of the molecule is C=CCCCN(C)C(=NC)NC(CC)CS(=O)(=O)c1ccc(C)c(C)c1. The standard InChI is InChI=1S/C20H33N3O2S/c1-7-9-10-13-23(6)20(21-5)22-18(8-2)15-26(24,25)19-12-11-16(3)17(4)14-19/h7,11-12,14,18H,1,8-10,13,15H2,2-6H3,(H,21,22). The summed E-state index contributed by atoms with van der Waals surface area (Å²) in [6, 6.07) is 5.12. The molecule has 1 aromatic carbocycles. The summed E-state index contributed by atoms with van der Waals surface area (Å²) in [5, 5.41) is 3.30. The fourth-order valence-electron chi connectivity index (χ4n) is 2.64. The Morgan fingerprint density at radius 2 is 2.04 bits per heavy atom. The summed E-state index contributed by atoms with van der Waals surface area (Å²) < 4.78 is 25.6. The van der Waals surface area contributed by atoms with Gasteiger partial charge in [0.25, 0.3) is 0 Å². The highest BCUT2D eigenvalue weighted by Gasteiger charge is 2.22. The first-order valence-electron chi connectivity index (χ1n) is 9.10. The number of unbranched alkanes of at least 4 members (excludes halogenated alkanes) is 1. The second kappa shape index (κ2) is 10.4. The van der Waals surface area contributed by atoms with Gasteiger partial charge < -0.3 is 10.2 Å². The van der Waals surface area contributed by atoms with Crippen LogP contribution in [0.15, 0.2) is 40.7 Å². The fraction of sp³-hybridized carbons (Fsp3) is 0.550. The Labute approximate surface area is 159 Å². The maximum Gasteiger partial charge on any atom is 0.193 e. The van der Waals surface area contributed by atoms with E-state index in [2.05, 4.69) is 16.9 Å². The molecular weight excluding hydrogens is 346 g/mol. The summed E-state index contributed by atoms with van der Waals surface area (Å²) in [6.07, 6.45) is 4.52. The van der Waals surface area contributed by atoms with Crippen molar-refractivity contribution in [2.45, 2.75) is 51.0 Å². The van der Waals surface area contributed by atoms with E-state index in [4.69, 9.17) is 0 Å². The lowest BCUT2D eigenvalue weighted by Crippen LogP contribution is -2.47. The first kappa shape index (κ1) is 22.2. The Kier molecular flexibility index (Phi) is 8.85. The third kappa shape index (κ3) is 6.48. The van der Waals surface area contributed by atoms with Gasteiger partial charge in [0.05, 0.1) is 10.6 Å². The zero-order valence-electron chi connectivity index (χ0n) is 16.7. The molecule has 0 spiro atoms. The molecule has 0 heterocycles. The molecule has 0 saturated carbocycles. The van der Waals surface area contributed by atoms with Crippen LogP contribution in [0, 0.1) is 13.8 Å². The highest BCUT2D eigenvalue weighted by atomic mass is 32.2. The van der Waals surface area contributed by atoms with Crippen molar-refractivity contribution in [1.82, 2.24) is 10.2 Å². The average Bonchev–Trinajstić information content (AvgIpc) is 2.60. The van der Waals surface area contributed by atoms with Crippen molar-refractivity contribution in [2.24, 2.45) is 4.99 Å². The average molecular weight is 380 g/mol. The van der Waals surface area contributed by atoms with Crippen molar-refractivity contribution in [1.29, 1.82) is 0 Å². The van der Waals surface area contributed by atoms with E-state index < -0.39 is 9.84 Å². The van der Waals surface area contributed by atoms with Crippen molar-refractivity contribution in [3.8, 4) is 0 Å². The number of hydrogen-bond donors (Lipinski definition) is 1. The van der Waals surface area contributed by atoms with Crippen LogP contribution >= 0.6 is 0 Å². The molecule has 5 nitrogen and oxygen atoms in total. The number of aryl methyl sites for hydroxylation is 2. The van der Waals surface area contributed by atoms with E-state index in [1.165, 1.54) is 0 Å². The molecule has 0 aromatic heterocycles. The molecule has 0 aliphatic heterocycles. The number of nitrogens with zero attached hydrogens (tertiary/aromatic N) is 2. The normalized spacial score (nSPS) is 13.3. The van der Waals surface area contributed by atoms with Gasteiger partial charge >= 0.3 is 0 Å². The molecule has 0 aliphatic carbocycles.